The average Bonchev–Trinajstić information content (AvgIpc) is 1.68. The Bertz CT molecular complexity index is 81.5. The van der Waals surface area contributed by atoms with Crippen LogP contribution < -0.4 is 0 Å². The molecule has 0 fully saturated rings. The fourth-order valence-corrected chi connectivity index (χ4v) is 1.16. The van der Waals surface area contributed by atoms with Gasteiger partial charge in [0, 0.05) is 21.2 Å². The van der Waals surface area contributed by atoms with Gasteiger partial charge in [0.2, 0.25) is 0 Å². The molecule has 0 aromatic rings. The zero-order valence-corrected chi connectivity index (χ0v) is 6.69. The van der Waals surface area contributed by atoms with E-state index in [4.69, 9.17) is 9.44 Å². The molecule has 1 atom stereocenters. The maximum absolute atomic E-state index is 8.07. The molecule has 0 aliphatic carbocycles. The molecule has 40 valence electrons. The Morgan fingerprint density at radius 1 is 2.00 bits per heavy atom. The molecule has 0 saturated carbocycles. The molecule has 0 saturated heterocycles. The van der Waals surface area contributed by atoms with Crippen molar-refractivity contribution in [2.75, 3.05) is 0 Å². The highest BCUT2D eigenvalue weighted by molar-refractivity contribution is 14.2. The molecular weight excluding hydrogens is 225 g/mol. The van der Waals surface area contributed by atoms with Crippen LogP contribution in [0.3, 0.4) is 0 Å². The van der Waals surface area contributed by atoms with E-state index < -0.39 is 0 Å². The molecule has 2 nitrogen and oxygen atoms in total. The molecule has 4 heteroatoms. The molecule has 0 aliphatic heterocycles. The van der Waals surface area contributed by atoms with Gasteiger partial charge in [-0.1, -0.05) is 0 Å². The summed E-state index contributed by atoms with van der Waals surface area (Å²) in [5, 5.41) is 8.07. The lowest BCUT2D eigenvalue weighted by Crippen LogP contribution is -1.94. The third-order valence-corrected chi connectivity index (χ3v) is 1.35. The van der Waals surface area contributed by atoms with E-state index in [2.05, 4.69) is 0 Å². The normalized spacial score (nSPS) is 12.7. The van der Waals surface area contributed by atoms with E-state index in [-0.39, 0.29) is 6.10 Å². The number of hydrogen-bond acceptors (Lipinski definition) is 3. The van der Waals surface area contributed by atoms with Gasteiger partial charge in [-0.2, -0.15) is 5.26 Å². The lowest BCUT2D eigenvalue weighted by molar-refractivity contribution is 0.335. The molecule has 0 heterocycles. The van der Waals surface area contributed by atoms with Gasteiger partial charge in [-0.15, -0.1) is 0 Å². The highest BCUT2D eigenvalue weighted by atomic mass is 127. The Balaban J connectivity index is 3.04. The minimum Gasteiger partial charge on any atom is -0.287 e. The molecule has 0 bridgehead atoms. The third-order valence-electron chi connectivity index (χ3n) is 0.363. The van der Waals surface area contributed by atoms with Crippen LogP contribution in [-0.4, -0.2) is 6.10 Å². The van der Waals surface area contributed by atoms with Crippen LogP contribution in [0, 0.1) is 11.3 Å². The maximum atomic E-state index is 8.07. The fourth-order valence-electron chi connectivity index (χ4n) is 0.0761. The zero-order chi connectivity index (χ0) is 5.70. The fraction of sp³-hybridized carbons (Fsp3) is 0.667. The van der Waals surface area contributed by atoms with Crippen LogP contribution in [0.15, 0.2) is 0 Å². The van der Waals surface area contributed by atoms with Gasteiger partial charge in [0.05, 0.1) is 15.3 Å². The summed E-state index contributed by atoms with van der Waals surface area (Å²) in [4.78, 5) is 0. The van der Waals surface area contributed by atoms with E-state index in [1.54, 1.807) is 6.92 Å². The SMILES string of the molecule is CC(C#N)OSI. The van der Waals surface area contributed by atoms with Crippen LogP contribution in [0.4, 0.5) is 0 Å². The highest BCUT2D eigenvalue weighted by Crippen LogP contribution is 2.14. The molecule has 0 N–H and O–H groups in total. The molecule has 7 heavy (non-hydrogen) atoms. The maximum Gasteiger partial charge on any atom is 0.156 e. The molecule has 0 aromatic heterocycles. The predicted octanol–water partition coefficient (Wildman–Crippen LogP) is 1.91. The van der Waals surface area contributed by atoms with Gasteiger partial charge < -0.3 is 0 Å². The van der Waals surface area contributed by atoms with Gasteiger partial charge in [-0.3, -0.25) is 4.18 Å². The van der Waals surface area contributed by atoms with E-state index in [9.17, 15) is 0 Å². The summed E-state index contributed by atoms with van der Waals surface area (Å²) in [6.45, 7) is 1.70. The van der Waals surface area contributed by atoms with Crippen molar-refractivity contribution in [2.24, 2.45) is 0 Å². The first-order valence-electron chi connectivity index (χ1n) is 1.65. The van der Waals surface area contributed by atoms with Crippen molar-refractivity contribution in [3.05, 3.63) is 0 Å². The van der Waals surface area contributed by atoms with Crippen LogP contribution in [-0.2, 0) is 4.18 Å². The lowest BCUT2D eigenvalue weighted by atomic mass is 10.5. The summed E-state index contributed by atoms with van der Waals surface area (Å²) >= 11 is 1.97. The van der Waals surface area contributed by atoms with Crippen molar-refractivity contribution in [3.8, 4) is 6.07 Å². The molecule has 0 aromatic carbocycles. The van der Waals surface area contributed by atoms with E-state index >= 15 is 0 Å². The Morgan fingerprint density at radius 2 is 2.57 bits per heavy atom. The molecule has 1 unspecified atom stereocenters. The van der Waals surface area contributed by atoms with E-state index in [1.165, 1.54) is 9.21 Å². The summed E-state index contributed by atoms with van der Waals surface area (Å²) in [6.07, 6.45) is -0.290. The van der Waals surface area contributed by atoms with Gasteiger partial charge in [0.25, 0.3) is 0 Å². The summed E-state index contributed by atoms with van der Waals surface area (Å²) in [5.41, 5.74) is 0. The van der Waals surface area contributed by atoms with E-state index in [0.717, 1.165) is 0 Å². The van der Waals surface area contributed by atoms with Gasteiger partial charge in [0.1, 0.15) is 0 Å². The van der Waals surface area contributed by atoms with Crippen LogP contribution in [0.1, 0.15) is 6.92 Å². The second-order valence-electron chi connectivity index (χ2n) is 0.931. The quantitative estimate of drug-likeness (QED) is 0.535. The minimum absolute atomic E-state index is 0.290. The van der Waals surface area contributed by atoms with Gasteiger partial charge in [-0.05, 0) is 6.92 Å². The molecular formula is C3H4INOS. The second-order valence-corrected chi connectivity index (χ2v) is 2.33. The largest absolute Gasteiger partial charge is 0.287 e. The summed E-state index contributed by atoms with van der Waals surface area (Å²) in [7, 11) is 1.18. The van der Waals surface area contributed by atoms with Crippen LogP contribution in [0.2, 0.25) is 0 Å². The summed E-state index contributed by atoms with van der Waals surface area (Å²) in [6, 6.07) is 1.92. The van der Waals surface area contributed by atoms with Crippen molar-refractivity contribution >= 4 is 30.4 Å². The third kappa shape index (κ3) is 4.38. The van der Waals surface area contributed by atoms with Crippen LogP contribution in [0.5, 0.6) is 0 Å². The summed E-state index contributed by atoms with van der Waals surface area (Å²) in [5.74, 6) is 0. The van der Waals surface area contributed by atoms with Gasteiger partial charge in [-0.25, -0.2) is 0 Å². The Hall–Kier alpha value is 0.530. The minimum atomic E-state index is -0.290. The van der Waals surface area contributed by atoms with E-state index in [1.807, 2.05) is 27.3 Å². The lowest BCUT2D eigenvalue weighted by Gasteiger charge is -1.93. The van der Waals surface area contributed by atoms with Crippen molar-refractivity contribution in [2.45, 2.75) is 13.0 Å². The number of nitrogens with zero attached hydrogens (tertiary/aromatic N) is 1. The van der Waals surface area contributed by atoms with Crippen molar-refractivity contribution in [1.82, 2.24) is 0 Å². The van der Waals surface area contributed by atoms with Crippen LogP contribution in [0.25, 0.3) is 0 Å². The van der Waals surface area contributed by atoms with Crippen molar-refractivity contribution in [1.29, 1.82) is 5.26 Å². The molecule has 0 aliphatic rings. The van der Waals surface area contributed by atoms with E-state index in [0.29, 0.717) is 0 Å². The molecule has 0 spiro atoms. The van der Waals surface area contributed by atoms with Gasteiger partial charge in [0.15, 0.2) is 6.10 Å². The first kappa shape index (κ1) is 7.53. The van der Waals surface area contributed by atoms with Crippen molar-refractivity contribution in [3.63, 3.8) is 0 Å². The van der Waals surface area contributed by atoms with Crippen molar-refractivity contribution < 1.29 is 4.18 Å². The average molecular weight is 229 g/mol. The topological polar surface area (TPSA) is 33.0 Å². The first-order valence-corrected chi connectivity index (χ1v) is 4.93. The highest BCUT2D eigenvalue weighted by Gasteiger charge is 1.94. The Kier molecular flexibility index (Phi) is 5.04. The Morgan fingerprint density at radius 3 is 2.71 bits per heavy atom. The smallest absolute Gasteiger partial charge is 0.156 e. The second kappa shape index (κ2) is 4.68. The summed E-state index contributed by atoms with van der Waals surface area (Å²) < 4.78 is 4.73. The monoisotopic (exact) mass is 229 g/mol. The van der Waals surface area contributed by atoms with Gasteiger partial charge >= 0.3 is 0 Å². The first-order chi connectivity index (χ1) is 3.31. The number of rotatable bonds is 2. The Labute approximate surface area is 59.0 Å². The predicted molar refractivity (Wildman–Crippen MR) is 37.8 cm³/mol. The molecule has 0 rings (SSSR count). The molecule has 0 radical (unpaired) electrons. The standard InChI is InChI=1S/C3H4INOS/c1-3(2-5)6-7-4/h3H,1H3. The zero-order valence-electron chi connectivity index (χ0n) is 3.72. The number of nitriles is 1. The molecule has 0 amide bonds. The number of halogens is 1. The number of hydrogen-bond donors (Lipinski definition) is 0. The van der Waals surface area contributed by atoms with Crippen LogP contribution >= 0.6 is 30.4 Å².